The van der Waals surface area contributed by atoms with Gasteiger partial charge < -0.3 is 10.2 Å². The van der Waals surface area contributed by atoms with E-state index in [1.54, 1.807) is 6.33 Å². The highest BCUT2D eigenvalue weighted by atomic mass is 15.2. The Morgan fingerprint density at radius 1 is 1.29 bits per heavy atom. The van der Waals surface area contributed by atoms with E-state index in [1.165, 1.54) is 32.1 Å². The van der Waals surface area contributed by atoms with E-state index in [4.69, 9.17) is 0 Å². The molecule has 0 aliphatic heterocycles. The smallest absolute Gasteiger partial charge is 0.134 e. The molecular formula is C13H22N4. The van der Waals surface area contributed by atoms with Gasteiger partial charge in [0, 0.05) is 25.7 Å². The third-order valence-corrected chi connectivity index (χ3v) is 3.56. The van der Waals surface area contributed by atoms with Gasteiger partial charge in [-0.3, -0.25) is 0 Å². The number of aromatic nitrogens is 2. The number of hydrogen-bond acceptors (Lipinski definition) is 4. The maximum absolute atomic E-state index is 4.41. The van der Waals surface area contributed by atoms with Crippen LogP contribution in [0.15, 0.2) is 12.4 Å². The van der Waals surface area contributed by atoms with Crippen LogP contribution in [0.3, 0.4) is 0 Å². The SMILES string of the molecule is CCN(c1cc(NC)ncn1)C1CCCCC1. The molecule has 1 heterocycles. The van der Waals surface area contributed by atoms with Crippen molar-refractivity contribution in [2.45, 2.75) is 45.1 Å². The van der Waals surface area contributed by atoms with Crippen LogP contribution in [0.1, 0.15) is 39.0 Å². The van der Waals surface area contributed by atoms with Gasteiger partial charge in [-0.15, -0.1) is 0 Å². The lowest BCUT2D eigenvalue weighted by Crippen LogP contribution is -2.37. The zero-order chi connectivity index (χ0) is 12.1. The Kier molecular flexibility index (Phi) is 4.18. The second-order valence-electron chi connectivity index (χ2n) is 4.59. The lowest BCUT2D eigenvalue weighted by molar-refractivity contribution is 0.416. The summed E-state index contributed by atoms with van der Waals surface area (Å²) in [6.45, 7) is 3.22. The summed E-state index contributed by atoms with van der Waals surface area (Å²) >= 11 is 0. The molecular weight excluding hydrogens is 212 g/mol. The predicted molar refractivity (Wildman–Crippen MR) is 71.5 cm³/mol. The lowest BCUT2D eigenvalue weighted by Gasteiger charge is -2.34. The van der Waals surface area contributed by atoms with Gasteiger partial charge in [-0.25, -0.2) is 9.97 Å². The van der Waals surface area contributed by atoms with Crippen molar-refractivity contribution < 1.29 is 0 Å². The van der Waals surface area contributed by atoms with Gasteiger partial charge in [0.05, 0.1) is 0 Å². The minimum absolute atomic E-state index is 0.661. The monoisotopic (exact) mass is 234 g/mol. The van der Waals surface area contributed by atoms with E-state index in [-0.39, 0.29) is 0 Å². The maximum atomic E-state index is 4.41. The maximum Gasteiger partial charge on any atom is 0.134 e. The van der Waals surface area contributed by atoms with E-state index >= 15 is 0 Å². The first-order chi connectivity index (χ1) is 8.35. The number of nitrogens with zero attached hydrogens (tertiary/aromatic N) is 3. The summed E-state index contributed by atoms with van der Waals surface area (Å²) in [7, 11) is 1.89. The van der Waals surface area contributed by atoms with Crippen LogP contribution in [0, 0.1) is 0 Å². The van der Waals surface area contributed by atoms with Crippen molar-refractivity contribution >= 4 is 11.6 Å². The molecule has 0 unspecified atom stereocenters. The highest BCUT2D eigenvalue weighted by Crippen LogP contribution is 2.26. The van der Waals surface area contributed by atoms with Gasteiger partial charge in [0.25, 0.3) is 0 Å². The minimum Gasteiger partial charge on any atom is -0.373 e. The van der Waals surface area contributed by atoms with E-state index in [1.807, 2.05) is 13.1 Å². The molecule has 0 saturated heterocycles. The standard InChI is InChI=1S/C13H22N4/c1-3-17(11-7-5-4-6-8-11)13-9-12(14-2)15-10-16-13/h9-11H,3-8H2,1-2H3,(H,14,15,16). The van der Waals surface area contributed by atoms with Crippen molar-refractivity contribution in [2.24, 2.45) is 0 Å². The van der Waals surface area contributed by atoms with Crippen molar-refractivity contribution in [1.82, 2.24) is 9.97 Å². The second-order valence-corrected chi connectivity index (χ2v) is 4.59. The Morgan fingerprint density at radius 3 is 2.71 bits per heavy atom. The molecule has 1 aromatic rings. The van der Waals surface area contributed by atoms with Crippen LogP contribution in [0.4, 0.5) is 11.6 Å². The number of hydrogen-bond donors (Lipinski definition) is 1. The summed E-state index contributed by atoms with van der Waals surface area (Å²) in [4.78, 5) is 11.0. The minimum atomic E-state index is 0.661. The highest BCUT2D eigenvalue weighted by molar-refractivity contribution is 5.48. The van der Waals surface area contributed by atoms with Gasteiger partial charge in [-0.1, -0.05) is 19.3 Å². The van der Waals surface area contributed by atoms with Crippen LogP contribution >= 0.6 is 0 Å². The molecule has 1 aliphatic rings. The van der Waals surface area contributed by atoms with Gasteiger partial charge >= 0.3 is 0 Å². The zero-order valence-corrected chi connectivity index (χ0v) is 10.8. The van der Waals surface area contributed by atoms with E-state index in [0.29, 0.717) is 6.04 Å². The molecule has 0 atom stereocenters. The molecule has 1 aromatic heterocycles. The van der Waals surface area contributed by atoms with E-state index in [2.05, 4.69) is 27.1 Å². The summed E-state index contributed by atoms with van der Waals surface area (Å²) in [5.74, 6) is 1.95. The van der Waals surface area contributed by atoms with E-state index in [9.17, 15) is 0 Å². The molecule has 1 fully saturated rings. The van der Waals surface area contributed by atoms with Crippen LogP contribution in [-0.4, -0.2) is 29.6 Å². The van der Waals surface area contributed by atoms with Gasteiger partial charge in [0.2, 0.25) is 0 Å². The van der Waals surface area contributed by atoms with Crippen LogP contribution in [0.2, 0.25) is 0 Å². The first kappa shape index (κ1) is 12.1. The van der Waals surface area contributed by atoms with E-state index < -0.39 is 0 Å². The summed E-state index contributed by atoms with van der Waals surface area (Å²) in [5.41, 5.74) is 0. The van der Waals surface area contributed by atoms with Crippen LogP contribution < -0.4 is 10.2 Å². The molecule has 0 aromatic carbocycles. The summed E-state index contributed by atoms with van der Waals surface area (Å²) < 4.78 is 0. The fourth-order valence-corrected chi connectivity index (χ4v) is 2.64. The average Bonchev–Trinajstić information content (AvgIpc) is 2.41. The van der Waals surface area contributed by atoms with Gasteiger partial charge in [0.15, 0.2) is 0 Å². The third-order valence-electron chi connectivity index (χ3n) is 3.56. The van der Waals surface area contributed by atoms with Gasteiger partial charge in [-0.2, -0.15) is 0 Å². The fraction of sp³-hybridized carbons (Fsp3) is 0.692. The van der Waals surface area contributed by atoms with E-state index in [0.717, 1.165) is 18.2 Å². The Hall–Kier alpha value is -1.32. The normalized spacial score (nSPS) is 16.8. The van der Waals surface area contributed by atoms with Gasteiger partial charge in [-0.05, 0) is 19.8 Å². The lowest BCUT2D eigenvalue weighted by atomic mass is 9.94. The molecule has 0 amide bonds. The Morgan fingerprint density at radius 2 is 2.06 bits per heavy atom. The largest absolute Gasteiger partial charge is 0.373 e. The molecule has 0 spiro atoms. The molecule has 2 rings (SSSR count). The molecule has 0 bridgehead atoms. The summed E-state index contributed by atoms with van der Waals surface area (Å²) in [6, 6.07) is 2.70. The Bertz CT molecular complexity index is 347. The number of anilines is 2. The van der Waals surface area contributed by atoms with Crippen molar-refractivity contribution in [3.63, 3.8) is 0 Å². The van der Waals surface area contributed by atoms with Crippen LogP contribution in [0.5, 0.6) is 0 Å². The molecule has 4 nitrogen and oxygen atoms in total. The van der Waals surface area contributed by atoms with Crippen LogP contribution in [0.25, 0.3) is 0 Å². The van der Waals surface area contributed by atoms with Crippen molar-refractivity contribution in [1.29, 1.82) is 0 Å². The first-order valence-corrected chi connectivity index (χ1v) is 6.61. The molecule has 0 radical (unpaired) electrons. The topological polar surface area (TPSA) is 41.0 Å². The number of rotatable bonds is 4. The van der Waals surface area contributed by atoms with Crippen molar-refractivity contribution in [3.8, 4) is 0 Å². The quantitative estimate of drug-likeness (QED) is 0.869. The van der Waals surface area contributed by atoms with Crippen LogP contribution in [-0.2, 0) is 0 Å². The number of nitrogens with one attached hydrogen (secondary N) is 1. The third kappa shape index (κ3) is 2.87. The highest BCUT2D eigenvalue weighted by Gasteiger charge is 2.21. The van der Waals surface area contributed by atoms with Crippen molar-refractivity contribution in [3.05, 3.63) is 12.4 Å². The molecule has 4 heteroatoms. The molecule has 1 N–H and O–H groups in total. The van der Waals surface area contributed by atoms with Crippen molar-refractivity contribution in [2.75, 3.05) is 23.8 Å². The van der Waals surface area contributed by atoms with Gasteiger partial charge in [0.1, 0.15) is 18.0 Å². The second kappa shape index (κ2) is 5.84. The predicted octanol–water partition coefficient (Wildman–Crippen LogP) is 2.68. The Labute approximate surface area is 103 Å². The average molecular weight is 234 g/mol. The summed E-state index contributed by atoms with van der Waals surface area (Å²) in [5, 5.41) is 3.07. The zero-order valence-electron chi connectivity index (χ0n) is 10.8. The molecule has 1 saturated carbocycles. The molecule has 94 valence electrons. The molecule has 17 heavy (non-hydrogen) atoms. The first-order valence-electron chi connectivity index (χ1n) is 6.61. The molecule has 1 aliphatic carbocycles. The summed E-state index contributed by atoms with van der Waals surface area (Å²) in [6.07, 6.45) is 8.34. The Balaban J connectivity index is 2.15. The fourth-order valence-electron chi connectivity index (χ4n) is 2.64.